The Labute approximate surface area is 189 Å². The number of thiazole rings is 1. The average Bonchev–Trinajstić information content (AvgIpc) is 3.11. The van der Waals surface area contributed by atoms with E-state index in [4.69, 9.17) is 21.1 Å². The highest BCUT2D eigenvalue weighted by molar-refractivity contribution is 7.16. The highest BCUT2D eigenvalue weighted by Crippen LogP contribution is 2.23. The number of rotatable bonds is 7. The van der Waals surface area contributed by atoms with Crippen LogP contribution in [-0.4, -0.2) is 23.7 Å². The molecule has 158 valence electrons. The molecule has 3 aromatic carbocycles. The lowest BCUT2D eigenvalue weighted by Gasteiger charge is -2.07. The van der Waals surface area contributed by atoms with Crippen LogP contribution in [0, 0.1) is 0 Å². The zero-order valence-electron chi connectivity index (χ0n) is 17.0. The number of hydrogen-bond donors (Lipinski definition) is 0. The molecule has 0 saturated heterocycles. The summed E-state index contributed by atoms with van der Waals surface area (Å²) in [5.74, 6) is 0.958. The van der Waals surface area contributed by atoms with E-state index in [2.05, 4.69) is 4.99 Å². The Morgan fingerprint density at radius 2 is 1.84 bits per heavy atom. The summed E-state index contributed by atoms with van der Waals surface area (Å²) >= 11 is 7.58. The molecule has 0 fully saturated rings. The molecule has 4 aromatic rings. The molecule has 0 unspecified atom stereocenters. The minimum Gasteiger partial charge on any atom is -0.457 e. The normalized spacial score (nSPS) is 11.7. The van der Waals surface area contributed by atoms with Crippen LogP contribution in [0.15, 0.2) is 77.8 Å². The molecule has 1 amide bonds. The van der Waals surface area contributed by atoms with Crippen molar-refractivity contribution in [3.8, 4) is 11.5 Å². The lowest BCUT2D eigenvalue weighted by atomic mass is 10.2. The summed E-state index contributed by atoms with van der Waals surface area (Å²) in [7, 11) is 0. The van der Waals surface area contributed by atoms with Crippen LogP contribution in [0.4, 0.5) is 0 Å². The minimum absolute atomic E-state index is 0.332. The first kappa shape index (κ1) is 21.3. The maximum absolute atomic E-state index is 13.0. The second kappa shape index (κ2) is 9.92. The molecule has 31 heavy (non-hydrogen) atoms. The molecule has 0 saturated carbocycles. The number of nitrogens with zero attached hydrogens (tertiary/aromatic N) is 2. The Morgan fingerprint density at radius 1 is 1.03 bits per heavy atom. The molecule has 0 bridgehead atoms. The van der Waals surface area contributed by atoms with Crippen molar-refractivity contribution in [2.75, 3.05) is 13.2 Å². The fraction of sp³-hybridized carbons (Fsp3) is 0.167. The molecule has 1 heterocycles. The average molecular weight is 453 g/mol. The topological polar surface area (TPSA) is 52.8 Å². The number of hydrogen-bond acceptors (Lipinski definition) is 4. The fourth-order valence-corrected chi connectivity index (χ4v) is 4.45. The first-order chi connectivity index (χ1) is 15.1. The Morgan fingerprint density at radius 3 is 2.65 bits per heavy atom. The van der Waals surface area contributed by atoms with E-state index in [0.29, 0.717) is 46.6 Å². The van der Waals surface area contributed by atoms with Crippen molar-refractivity contribution in [3.63, 3.8) is 0 Å². The van der Waals surface area contributed by atoms with E-state index in [9.17, 15) is 4.79 Å². The van der Waals surface area contributed by atoms with Crippen LogP contribution in [0.3, 0.4) is 0 Å². The Balaban J connectivity index is 1.67. The van der Waals surface area contributed by atoms with Crippen LogP contribution in [0.25, 0.3) is 10.2 Å². The molecular weight excluding hydrogens is 432 g/mol. The van der Waals surface area contributed by atoms with Crippen molar-refractivity contribution in [2.24, 2.45) is 4.99 Å². The van der Waals surface area contributed by atoms with E-state index in [-0.39, 0.29) is 5.91 Å². The Hall–Kier alpha value is -2.93. The van der Waals surface area contributed by atoms with Crippen LogP contribution in [0.1, 0.15) is 17.3 Å². The standard InChI is InChI=1S/C24H21ClN2O3S/c1-2-29-14-13-27-21-12-11-18(25)16-22(21)31-24(27)26-23(28)17-7-6-10-20(15-17)30-19-8-4-3-5-9-19/h3-12,15-16H,2,13-14H2,1H3. The number of aromatic nitrogens is 1. The summed E-state index contributed by atoms with van der Waals surface area (Å²) in [5, 5.41) is 0.648. The van der Waals surface area contributed by atoms with Gasteiger partial charge < -0.3 is 14.0 Å². The van der Waals surface area contributed by atoms with E-state index in [1.807, 2.05) is 66.1 Å². The third-order valence-electron chi connectivity index (χ3n) is 4.57. The highest BCUT2D eigenvalue weighted by atomic mass is 35.5. The molecule has 0 radical (unpaired) electrons. The van der Waals surface area contributed by atoms with Gasteiger partial charge in [0.2, 0.25) is 0 Å². The zero-order chi connectivity index (χ0) is 21.6. The van der Waals surface area contributed by atoms with Crippen LogP contribution < -0.4 is 9.54 Å². The SMILES string of the molecule is CCOCCn1c(=NC(=O)c2cccc(Oc3ccccc3)c2)sc2cc(Cl)ccc21. The molecule has 0 spiro atoms. The number of benzene rings is 3. The number of amides is 1. The second-order valence-corrected chi connectivity index (χ2v) is 8.15. The lowest BCUT2D eigenvalue weighted by Crippen LogP contribution is -2.19. The molecule has 0 N–H and O–H groups in total. The number of ether oxygens (including phenoxy) is 2. The maximum atomic E-state index is 13.0. The van der Waals surface area contributed by atoms with Gasteiger partial charge in [-0.3, -0.25) is 4.79 Å². The number of carbonyl (C=O) groups excluding carboxylic acids is 1. The quantitative estimate of drug-likeness (QED) is 0.327. The Kier molecular flexibility index (Phi) is 6.82. The lowest BCUT2D eigenvalue weighted by molar-refractivity contribution is 0.0996. The largest absolute Gasteiger partial charge is 0.457 e. The van der Waals surface area contributed by atoms with Crippen LogP contribution >= 0.6 is 22.9 Å². The monoisotopic (exact) mass is 452 g/mol. The summed E-state index contributed by atoms with van der Waals surface area (Å²) in [6.07, 6.45) is 0. The molecule has 7 heteroatoms. The van der Waals surface area contributed by atoms with Gasteiger partial charge in [0.1, 0.15) is 11.5 Å². The summed E-state index contributed by atoms with van der Waals surface area (Å²) in [4.78, 5) is 18.0. The van der Waals surface area contributed by atoms with E-state index in [0.717, 1.165) is 10.2 Å². The molecule has 0 aliphatic heterocycles. The van der Waals surface area contributed by atoms with Gasteiger partial charge in [0.05, 0.1) is 16.8 Å². The van der Waals surface area contributed by atoms with E-state index < -0.39 is 0 Å². The summed E-state index contributed by atoms with van der Waals surface area (Å²) in [5.41, 5.74) is 1.43. The molecule has 1 aromatic heterocycles. The van der Waals surface area contributed by atoms with Crippen molar-refractivity contribution < 1.29 is 14.3 Å². The zero-order valence-corrected chi connectivity index (χ0v) is 18.5. The van der Waals surface area contributed by atoms with Gasteiger partial charge in [-0.05, 0) is 55.5 Å². The minimum atomic E-state index is -0.332. The third kappa shape index (κ3) is 5.22. The van der Waals surface area contributed by atoms with Gasteiger partial charge in [-0.1, -0.05) is 47.2 Å². The smallest absolute Gasteiger partial charge is 0.279 e. The van der Waals surface area contributed by atoms with Crippen molar-refractivity contribution in [1.82, 2.24) is 4.57 Å². The Bertz CT molecular complexity index is 1260. The van der Waals surface area contributed by atoms with Gasteiger partial charge in [0.15, 0.2) is 4.80 Å². The molecule has 0 aliphatic carbocycles. The summed E-state index contributed by atoms with van der Waals surface area (Å²) < 4.78 is 14.3. The van der Waals surface area contributed by atoms with Gasteiger partial charge in [-0.2, -0.15) is 4.99 Å². The van der Waals surface area contributed by atoms with Crippen LogP contribution in [0.5, 0.6) is 11.5 Å². The first-order valence-electron chi connectivity index (χ1n) is 9.92. The fourth-order valence-electron chi connectivity index (χ4n) is 3.12. The van der Waals surface area contributed by atoms with E-state index in [1.165, 1.54) is 11.3 Å². The molecule has 5 nitrogen and oxygen atoms in total. The van der Waals surface area contributed by atoms with Crippen molar-refractivity contribution in [1.29, 1.82) is 0 Å². The highest BCUT2D eigenvalue weighted by Gasteiger charge is 2.11. The van der Waals surface area contributed by atoms with E-state index >= 15 is 0 Å². The van der Waals surface area contributed by atoms with Gasteiger partial charge >= 0.3 is 0 Å². The molecule has 0 aliphatic rings. The summed E-state index contributed by atoms with van der Waals surface area (Å²) in [6, 6.07) is 22.1. The predicted octanol–water partition coefficient (Wildman–Crippen LogP) is 5.93. The maximum Gasteiger partial charge on any atom is 0.279 e. The molecular formula is C24H21ClN2O3S. The van der Waals surface area contributed by atoms with Crippen LogP contribution in [0.2, 0.25) is 5.02 Å². The van der Waals surface area contributed by atoms with Gasteiger partial charge in [-0.25, -0.2) is 0 Å². The molecule has 4 rings (SSSR count). The molecule has 0 atom stereocenters. The number of carbonyl (C=O) groups is 1. The van der Waals surface area contributed by atoms with Gasteiger partial charge in [0, 0.05) is 23.7 Å². The van der Waals surface area contributed by atoms with Gasteiger partial charge in [0.25, 0.3) is 5.91 Å². The third-order valence-corrected chi connectivity index (χ3v) is 5.84. The van der Waals surface area contributed by atoms with Crippen molar-refractivity contribution >= 4 is 39.1 Å². The number of para-hydroxylation sites is 1. The predicted molar refractivity (Wildman–Crippen MR) is 124 cm³/mol. The van der Waals surface area contributed by atoms with E-state index in [1.54, 1.807) is 18.2 Å². The van der Waals surface area contributed by atoms with Crippen molar-refractivity contribution in [2.45, 2.75) is 13.5 Å². The summed E-state index contributed by atoms with van der Waals surface area (Å²) in [6.45, 7) is 3.72. The van der Waals surface area contributed by atoms with Crippen LogP contribution in [-0.2, 0) is 11.3 Å². The second-order valence-electron chi connectivity index (χ2n) is 6.71. The van der Waals surface area contributed by atoms with Gasteiger partial charge in [-0.15, -0.1) is 0 Å². The number of halogens is 1. The first-order valence-corrected chi connectivity index (χ1v) is 11.1. The van der Waals surface area contributed by atoms with Crippen molar-refractivity contribution in [3.05, 3.63) is 88.2 Å². The number of fused-ring (bicyclic) bond motifs is 1.